The van der Waals surface area contributed by atoms with E-state index < -0.39 is 6.04 Å². The molecule has 0 heterocycles. The van der Waals surface area contributed by atoms with E-state index in [9.17, 15) is 9.59 Å². The van der Waals surface area contributed by atoms with E-state index in [1.54, 1.807) is 0 Å². The van der Waals surface area contributed by atoms with Gasteiger partial charge >= 0.3 is 6.03 Å². The Kier molecular flexibility index (Phi) is 8.21. The monoisotopic (exact) mass is 390 g/mol. The smallest absolute Gasteiger partial charge is 0.315 e. The van der Waals surface area contributed by atoms with Gasteiger partial charge < -0.3 is 15.4 Å². The Bertz CT molecular complexity index is 609. The normalized spacial score (nSPS) is 17.2. The fourth-order valence-corrected chi connectivity index (χ4v) is 4.92. The first-order valence-electron chi connectivity index (χ1n) is 10.1. The minimum atomic E-state index is -0.452. The second-order valence-electron chi connectivity index (χ2n) is 8.35. The Morgan fingerprint density at radius 1 is 1.30 bits per heavy atom. The van der Waals surface area contributed by atoms with Crippen molar-refractivity contribution in [1.82, 2.24) is 10.6 Å². The zero-order valence-electron chi connectivity index (χ0n) is 17.1. The molecule has 4 nitrogen and oxygen atoms in total. The van der Waals surface area contributed by atoms with Crippen LogP contribution in [0.2, 0.25) is 0 Å². The third-order valence-electron chi connectivity index (χ3n) is 5.49. The van der Waals surface area contributed by atoms with Gasteiger partial charge in [0.25, 0.3) is 0 Å². The number of carbonyl (C=O) groups excluding carboxylic acids is 2. The molecule has 5 heteroatoms. The van der Waals surface area contributed by atoms with Gasteiger partial charge in [0.1, 0.15) is 6.29 Å². The quantitative estimate of drug-likeness (QED) is 0.465. The van der Waals surface area contributed by atoms with Gasteiger partial charge in [-0.15, -0.1) is 0 Å². The summed E-state index contributed by atoms with van der Waals surface area (Å²) in [5.41, 5.74) is 2.31. The number of carbonyl (C=O) groups is 2. The molecule has 2 amide bonds. The molecule has 1 aliphatic carbocycles. The van der Waals surface area contributed by atoms with Crippen LogP contribution in [0.25, 0.3) is 0 Å². The molecule has 2 N–H and O–H groups in total. The predicted molar refractivity (Wildman–Crippen MR) is 114 cm³/mol. The lowest BCUT2D eigenvalue weighted by atomic mass is 9.97. The van der Waals surface area contributed by atoms with Gasteiger partial charge in [-0.3, -0.25) is 0 Å². The highest BCUT2D eigenvalue weighted by molar-refractivity contribution is 7.99. The molecule has 150 valence electrons. The maximum absolute atomic E-state index is 12.6. The topological polar surface area (TPSA) is 58.2 Å². The molecule has 0 aromatic heterocycles. The van der Waals surface area contributed by atoms with E-state index in [0.717, 1.165) is 37.1 Å². The molecule has 0 aliphatic heterocycles. The van der Waals surface area contributed by atoms with E-state index in [1.165, 1.54) is 17.5 Å². The summed E-state index contributed by atoms with van der Waals surface area (Å²) in [5, 5.41) is 6.03. The summed E-state index contributed by atoms with van der Waals surface area (Å²) in [6.07, 6.45) is 4.62. The van der Waals surface area contributed by atoms with Gasteiger partial charge in [0.15, 0.2) is 0 Å². The van der Waals surface area contributed by atoms with E-state index in [4.69, 9.17) is 0 Å². The van der Waals surface area contributed by atoms with Gasteiger partial charge in [-0.05, 0) is 61.3 Å². The van der Waals surface area contributed by atoms with Crippen LogP contribution in [0.5, 0.6) is 0 Å². The predicted octanol–water partition coefficient (Wildman–Crippen LogP) is 4.22. The molecule has 1 aromatic rings. The van der Waals surface area contributed by atoms with E-state index in [0.29, 0.717) is 5.92 Å². The number of aldehydes is 1. The number of hydrogen-bond donors (Lipinski definition) is 2. The van der Waals surface area contributed by atoms with Crippen LogP contribution in [-0.4, -0.2) is 35.4 Å². The number of hydrogen-bond acceptors (Lipinski definition) is 3. The Hall–Kier alpha value is -1.49. The summed E-state index contributed by atoms with van der Waals surface area (Å²) in [6.45, 7) is 8.63. The van der Waals surface area contributed by atoms with Crippen LogP contribution in [0, 0.1) is 11.8 Å². The van der Waals surface area contributed by atoms with Gasteiger partial charge in [0.05, 0.1) is 6.04 Å². The minimum absolute atomic E-state index is 0.138. The van der Waals surface area contributed by atoms with Gasteiger partial charge in [-0.2, -0.15) is 11.8 Å². The zero-order chi connectivity index (χ0) is 19.9. The molecule has 2 unspecified atom stereocenters. The van der Waals surface area contributed by atoms with Crippen molar-refractivity contribution < 1.29 is 9.59 Å². The third kappa shape index (κ3) is 6.56. The number of amides is 2. The molecule has 0 fully saturated rings. The third-order valence-corrected chi connectivity index (χ3v) is 6.86. The lowest BCUT2D eigenvalue weighted by Crippen LogP contribution is -2.55. The molecule has 27 heavy (non-hydrogen) atoms. The molecule has 1 aliphatic rings. The van der Waals surface area contributed by atoms with Crippen LogP contribution in [0.4, 0.5) is 4.79 Å². The molecule has 2 rings (SSSR count). The molecule has 1 aromatic carbocycles. The highest BCUT2D eigenvalue weighted by atomic mass is 32.2. The molecule has 2 atom stereocenters. The highest BCUT2D eigenvalue weighted by Crippen LogP contribution is 2.28. The van der Waals surface area contributed by atoms with Crippen molar-refractivity contribution in [2.75, 3.05) is 11.5 Å². The Morgan fingerprint density at radius 2 is 1.93 bits per heavy atom. The van der Waals surface area contributed by atoms with E-state index in [2.05, 4.69) is 50.5 Å². The lowest BCUT2D eigenvalue weighted by molar-refractivity contribution is -0.110. The second kappa shape index (κ2) is 10.2. The summed E-state index contributed by atoms with van der Waals surface area (Å²) < 4.78 is 0. The fraction of sp³-hybridized carbons (Fsp3) is 0.636. The van der Waals surface area contributed by atoms with Crippen LogP contribution in [0.1, 0.15) is 51.7 Å². The minimum Gasteiger partial charge on any atom is -0.332 e. The summed E-state index contributed by atoms with van der Waals surface area (Å²) in [7, 11) is 0. The molecule has 0 bridgehead atoms. The van der Waals surface area contributed by atoms with Crippen molar-refractivity contribution in [2.45, 2.75) is 65.0 Å². The van der Waals surface area contributed by atoms with E-state index in [1.807, 2.05) is 23.9 Å². The maximum Gasteiger partial charge on any atom is 0.315 e. The summed E-state index contributed by atoms with van der Waals surface area (Å²) >= 11 is 1.88. The maximum atomic E-state index is 12.6. The van der Waals surface area contributed by atoms with Crippen LogP contribution in [-0.2, 0) is 17.6 Å². The van der Waals surface area contributed by atoms with Gasteiger partial charge in [-0.1, -0.05) is 45.0 Å². The summed E-state index contributed by atoms with van der Waals surface area (Å²) in [6, 6.07) is 7.59. The number of benzene rings is 1. The van der Waals surface area contributed by atoms with E-state index >= 15 is 0 Å². The van der Waals surface area contributed by atoms with Crippen LogP contribution in [0.15, 0.2) is 24.3 Å². The lowest BCUT2D eigenvalue weighted by Gasteiger charge is -2.31. The van der Waals surface area contributed by atoms with Crippen molar-refractivity contribution >= 4 is 24.1 Å². The molecular formula is C22H34N2O2S. The largest absolute Gasteiger partial charge is 0.332 e. The first-order valence-corrected chi connectivity index (χ1v) is 11.2. The van der Waals surface area contributed by atoms with E-state index in [-0.39, 0.29) is 17.5 Å². The SMILES string of the molecule is CCC(C)(CSCCC(C)C)NC(=O)NC(C=O)C1Cc2ccccc2C1. The second-order valence-corrected chi connectivity index (χ2v) is 9.45. The number of thioether (sulfide) groups is 1. The van der Waals surface area contributed by atoms with Gasteiger partial charge in [0.2, 0.25) is 0 Å². The van der Waals surface area contributed by atoms with Crippen LogP contribution < -0.4 is 10.6 Å². The zero-order valence-corrected chi connectivity index (χ0v) is 17.9. The standard InChI is InChI=1S/C22H34N2O2S/c1-5-22(4,15-27-11-10-16(2)3)24-21(26)23-20(14-25)19-12-17-8-6-7-9-18(17)13-19/h6-9,14,16,19-20H,5,10-13,15H2,1-4H3,(H2,23,24,26). The van der Waals surface area contributed by atoms with Crippen molar-refractivity contribution in [2.24, 2.45) is 11.8 Å². The van der Waals surface area contributed by atoms with Crippen LogP contribution in [0.3, 0.4) is 0 Å². The Balaban J connectivity index is 1.85. The Morgan fingerprint density at radius 3 is 2.44 bits per heavy atom. The van der Waals surface area contributed by atoms with Crippen molar-refractivity contribution in [3.63, 3.8) is 0 Å². The first-order chi connectivity index (χ1) is 12.9. The number of fused-ring (bicyclic) bond motifs is 1. The average molecular weight is 391 g/mol. The van der Waals surface area contributed by atoms with Crippen molar-refractivity contribution in [1.29, 1.82) is 0 Å². The fourth-order valence-electron chi connectivity index (χ4n) is 3.41. The number of rotatable bonds is 10. The van der Waals surface area contributed by atoms with Gasteiger partial charge in [-0.25, -0.2) is 4.79 Å². The average Bonchev–Trinajstić information content (AvgIpc) is 3.07. The molecular weight excluding hydrogens is 356 g/mol. The van der Waals surface area contributed by atoms with Gasteiger partial charge in [0, 0.05) is 11.3 Å². The summed E-state index contributed by atoms with van der Waals surface area (Å²) in [5.74, 6) is 2.82. The molecule has 0 radical (unpaired) electrons. The summed E-state index contributed by atoms with van der Waals surface area (Å²) in [4.78, 5) is 24.2. The van der Waals surface area contributed by atoms with Crippen LogP contribution >= 0.6 is 11.8 Å². The molecule has 0 saturated heterocycles. The first kappa shape index (κ1) is 21.8. The number of urea groups is 1. The number of nitrogens with one attached hydrogen (secondary N) is 2. The molecule has 0 saturated carbocycles. The highest BCUT2D eigenvalue weighted by Gasteiger charge is 2.31. The Labute approximate surface area is 168 Å². The molecule has 0 spiro atoms. The van der Waals surface area contributed by atoms with Crippen molar-refractivity contribution in [3.05, 3.63) is 35.4 Å². The van der Waals surface area contributed by atoms with Crippen molar-refractivity contribution in [3.8, 4) is 0 Å².